The third kappa shape index (κ3) is 4.13. The van der Waals surface area contributed by atoms with Crippen LogP contribution >= 0.6 is 0 Å². The molecule has 0 aromatic heterocycles. The monoisotopic (exact) mass is 290 g/mol. The van der Waals surface area contributed by atoms with Crippen molar-refractivity contribution >= 4 is 11.6 Å². The molecule has 0 radical (unpaired) electrons. The lowest BCUT2D eigenvalue weighted by Gasteiger charge is -2.32. The quantitative estimate of drug-likeness (QED) is 0.906. The van der Waals surface area contributed by atoms with Crippen molar-refractivity contribution in [1.29, 1.82) is 0 Å². The van der Waals surface area contributed by atoms with Gasteiger partial charge in [0, 0.05) is 13.1 Å². The first kappa shape index (κ1) is 15.7. The maximum Gasteiger partial charge on any atom is 0.244 e. The summed E-state index contributed by atoms with van der Waals surface area (Å²) in [6.45, 7) is 8.49. The number of piperidine rings is 1. The molecule has 1 atom stereocenters. The minimum Gasteiger partial charge on any atom is -0.492 e. The Kier molecular flexibility index (Phi) is 5.48. The van der Waals surface area contributed by atoms with E-state index < -0.39 is 0 Å². The number of hydrogen-bond donors (Lipinski definition) is 1. The molecule has 116 valence electrons. The minimum absolute atomic E-state index is 0.174. The van der Waals surface area contributed by atoms with E-state index in [0.717, 1.165) is 43.3 Å². The van der Waals surface area contributed by atoms with Crippen LogP contribution in [0.15, 0.2) is 24.3 Å². The number of nitrogens with zero attached hydrogens (tertiary/aromatic N) is 1. The molecule has 1 amide bonds. The van der Waals surface area contributed by atoms with Crippen LogP contribution in [0.3, 0.4) is 0 Å². The second-order valence-corrected chi connectivity index (χ2v) is 5.80. The average Bonchev–Trinajstić information content (AvgIpc) is 2.49. The topological polar surface area (TPSA) is 41.6 Å². The highest BCUT2D eigenvalue weighted by atomic mass is 16.5. The van der Waals surface area contributed by atoms with Gasteiger partial charge in [0.15, 0.2) is 0 Å². The van der Waals surface area contributed by atoms with E-state index in [1.165, 1.54) is 0 Å². The first-order valence-corrected chi connectivity index (χ1v) is 7.89. The summed E-state index contributed by atoms with van der Waals surface area (Å²) in [4.78, 5) is 14.5. The molecule has 0 bridgehead atoms. The maximum atomic E-state index is 12.5. The molecule has 4 heteroatoms. The van der Waals surface area contributed by atoms with E-state index in [1.54, 1.807) is 0 Å². The highest BCUT2D eigenvalue weighted by Gasteiger charge is 2.24. The number of hydrogen-bond acceptors (Lipinski definition) is 3. The van der Waals surface area contributed by atoms with Gasteiger partial charge >= 0.3 is 0 Å². The number of para-hydroxylation sites is 2. The fourth-order valence-corrected chi connectivity index (χ4v) is 2.67. The number of carbonyl (C=O) groups is 1. The van der Waals surface area contributed by atoms with Crippen molar-refractivity contribution in [2.75, 3.05) is 25.0 Å². The number of carbonyl (C=O) groups excluding carboxylic acids is 1. The third-order valence-corrected chi connectivity index (χ3v) is 4.02. The summed E-state index contributed by atoms with van der Waals surface area (Å²) in [5.41, 5.74) is 0.880. The molecule has 1 fully saturated rings. The molecule has 1 aliphatic rings. The average molecular weight is 290 g/mol. The Balaban J connectivity index is 1.97. The van der Waals surface area contributed by atoms with E-state index in [1.807, 2.05) is 43.0 Å². The number of benzene rings is 1. The van der Waals surface area contributed by atoms with Crippen molar-refractivity contribution in [3.05, 3.63) is 24.3 Å². The van der Waals surface area contributed by atoms with Crippen LogP contribution in [0.1, 0.15) is 33.6 Å². The van der Waals surface area contributed by atoms with Crippen molar-refractivity contribution in [2.45, 2.75) is 39.7 Å². The largest absolute Gasteiger partial charge is 0.492 e. The second-order valence-electron chi connectivity index (χ2n) is 5.80. The van der Waals surface area contributed by atoms with Crippen LogP contribution in [0.4, 0.5) is 5.69 Å². The maximum absolute atomic E-state index is 12.5. The van der Waals surface area contributed by atoms with E-state index in [4.69, 9.17) is 4.74 Å². The first-order valence-electron chi connectivity index (χ1n) is 7.89. The lowest BCUT2D eigenvalue weighted by molar-refractivity contribution is -0.132. The van der Waals surface area contributed by atoms with Crippen molar-refractivity contribution in [3.8, 4) is 5.75 Å². The van der Waals surface area contributed by atoms with Gasteiger partial charge in [-0.05, 0) is 44.7 Å². The van der Waals surface area contributed by atoms with Gasteiger partial charge in [0.2, 0.25) is 5.91 Å². The van der Waals surface area contributed by atoms with E-state index in [-0.39, 0.29) is 11.9 Å². The molecule has 1 saturated heterocycles. The Morgan fingerprint density at radius 1 is 1.38 bits per heavy atom. The van der Waals surface area contributed by atoms with Crippen LogP contribution in [-0.4, -0.2) is 36.5 Å². The first-order chi connectivity index (χ1) is 10.1. The zero-order chi connectivity index (χ0) is 15.2. The predicted molar refractivity (Wildman–Crippen MR) is 85.7 cm³/mol. The molecule has 21 heavy (non-hydrogen) atoms. The van der Waals surface area contributed by atoms with E-state index in [2.05, 4.69) is 12.2 Å². The number of likely N-dealkylation sites (tertiary alicyclic amines) is 1. The fourth-order valence-electron chi connectivity index (χ4n) is 2.67. The molecule has 4 nitrogen and oxygen atoms in total. The van der Waals surface area contributed by atoms with Crippen molar-refractivity contribution < 1.29 is 9.53 Å². The number of anilines is 1. The summed E-state index contributed by atoms with van der Waals surface area (Å²) in [6.07, 6.45) is 2.21. The molecule has 1 N–H and O–H groups in total. The molecule has 0 unspecified atom stereocenters. The van der Waals surface area contributed by atoms with Gasteiger partial charge < -0.3 is 15.0 Å². The molecular weight excluding hydrogens is 264 g/mol. The molecule has 1 aliphatic heterocycles. The van der Waals surface area contributed by atoms with Gasteiger partial charge in [-0.25, -0.2) is 0 Å². The molecular formula is C17H26N2O2. The molecule has 0 saturated carbocycles. The summed E-state index contributed by atoms with van der Waals surface area (Å²) < 4.78 is 5.59. The Morgan fingerprint density at radius 2 is 2.05 bits per heavy atom. The van der Waals surface area contributed by atoms with Gasteiger partial charge in [-0.2, -0.15) is 0 Å². The molecule has 0 aliphatic carbocycles. The van der Waals surface area contributed by atoms with Crippen LogP contribution in [0, 0.1) is 5.92 Å². The zero-order valence-corrected chi connectivity index (χ0v) is 13.3. The van der Waals surface area contributed by atoms with Gasteiger partial charge in [0.25, 0.3) is 0 Å². The van der Waals surface area contributed by atoms with Crippen LogP contribution in [0.5, 0.6) is 5.75 Å². The van der Waals surface area contributed by atoms with Gasteiger partial charge in [-0.1, -0.05) is 19.1 Å². The summed E-state index contributed by atoms with van der Waals surface area (Å²) in [7, 11) is 0. The Labute approximate surface area is 127 Å². The molecule has 1 aromatic rings. The molecule has 1 aromatic carbocycles. The summed E-state index contributed by atoms with van der Waals surface area (Å²) >= 11 is 0. The fraction of sp³-hybridized carbons (Fsp3) is 0.588. The third-order valence-electron chi connectivity index (χ3n) is 4.02. The minimum atomic E-state index is -0.236. The van der Waals surface area contributed by atoms with Crippen LogP contribution in [0.2, 0.25) is 0 Å². The zero-order valence-electron chi connectivity index (χ0n) is 13.3. The van der Waals surface area contributed by atoms with Gasteiger partial charge in [-0.3, -0.25) is 4.79 Å². The Morgan fingerprint density at radius 3 is 2.71 bits per heavy atom. The van der Waals surface area contributed by atoms with Gasteiger partial charge in [-0.15, -0.1) is 0 Å². The predicted octanol–water partition coefficient (Wildman–Crippen LogP) is 3.14. The summed E-state index contributed by atoms with van der Waals surface area (Å²) in [5.74, 6) is 1.70. The lowest BCUT2D eigenvalue weighted by atomic mass is 9.99. The molecule has 2 rings (SSSR count). The highest BCUT2D eigenvalue weighted by Crippen LogP contribution is 2.25. The van der Waals surface area contributed by atoms with Crippen LogP contribution in [-0.2, 0) is 4.79 Å². The molecule has 1 heterocycles. The van der Waals surface area contributed by atoms with Gasteiger partial charge in [0.05, 0.1) is 12.3 Å². The Hall–Kier alpha value is -1.71. The molecule has 0 spiro atoms. The normalized spacial score (nSPS) is 17.4. The summed E-state index contributed by atoms with van der Waals surface area (Å²) in [6, 6.07) is 7.53. The number of ether oxygens (including phenoxy) is 1. The van der Waals surface area contributed by atoms with Crippen LogP contribution in [0.25, 0.3) is 0 Å². The lowest BCUT2D eigenvalue weighted by Crippen LogP contribution is -2.45. The number of amides is 1. The SMILES string of the molecule is CCOc1ccccc1N[C@@H](C)C(=O)N1CCC(C)CC1. The number of rotatable bonds is 5. The van der Waals surface area contributed by atoms with Crippen molar-refractivity contribution in [3.63, 3.8) is 0 Å². The summed E-state index contributed by atoms with van der Waals surface area (Å²) in [5, 5.41) is 3.29. The number of nitrogens with one attached hydrogen (secondary N) is 1. The van der Waals surface area contributed by atoms with Gasteiger partial charge in [0.1, 0.15) is 11.8 Å². The Bertz CT molecular complexity index is 468. The highest BCUT2D eigenvalue weighted by molar-refractivity contribution is 5.84. The van der Waals surface area contributed by atoms with E-state index in [0.29, 0.717) is 6.61 Å². The smallest absolute Gasteiger partial charge is 0.244 e. The van der Waals surface area contributed by atoms with E-state index in [9.17, 15) is 4.79 Å². The van der Waals surface area contributed by atoms with E-state index >= 15 is 0 Å². The van der Waals surface area contributed by atoms with Crippen LogP contribution < -0.4 is 10.1 Å². The standard InChI is InChI=1S/C17H26N2O2/c1-4-21-16-8-6-5-7-15(16)18-14(3)17(20)19-11-9-13(2)10-12-19/h5-8,13-14,18H,4,9-12H2,1-3H3/t14-/m0/s1. The van der Waals surface area contributed by atoms with Crippen molar-refractivity contribution in [2.24, 2.45) is 5.92 Å². The van der Waals surface area contributed by atoms with Crippen molar-refractivity contribution in [1.82, 2.24) is 4.90 Å². The second kappa shape index (κ2) is 7.34.